The van der Waals surface area contributed by atoms with Crippen LogP contribution < -0.4 is 21.7 Å². The molecule has 0 unspecified atom stereocenters. The molecule has 0 fully saturated rings. The van der Waals surface area contributed by atoms with Gasteiger partial charge in [0, 0.05) is 24.7 Å². The average molecular weight is 367 g/mol. The highest BCUT2D eigenvalue weighted by atomic mass is 16.5. The Balaban J connectivity index is 1.78. The molecule has 1 aromatic heterocycles. The lowest BCUT2D eigenvalue weighted by Crippen LogP contribution is -2.32. The zero-order valence-corrected chi connectivity index (χ0v) is 14.8. The molecule has 7 nitrogen and oxygen atoms in total. The van der Waals surface area contributed by atoms with E-state index in [9.17, 15) is 9.59 Å². The van der Waals surface area contributed by atoms with Gasteiger partial charge in [-0.05, 0) is 29.8 Å². The van der Waals surface area contributed by atoms with E-state index in [1.165, 1.54) is 10.8 Å². The molecule has 140 valence electrons. The minimum atomic E-state index is -0.512. The molecule has 0 radical (unpaired) electrons. The van der Waals surface area contributed by atoms with Crippen LogP contribution in [0.3, 0.4) is 0 Å². The van der Waals surface area contributed by atoms with Gasteiger partial charge >= 0.3 is 5.69 Å². The van der Waals surface area contributed by atoms with Crippen LogP contribution in [0.5, 0.6) is 11.5 Å². The molecule has 1 heterocycles. The SMILES string of the molecule is NCCOCn1cc(Cc2cccc(Oc3ccccc3)c2)c(=O)[nH]c1=O. The molecule has 2 aromatic carbocycles. The molecule has 0 aliphatic rings. The van der Waals surface area contributed by atoms with E-state index in [4.69, 9.17) is 15.2 Å². The summed E-state index contributed by atoms with van der Waals surface area (Å²) in [6, 6.07) is 16.9. The second-order valence-corrected chi connectivity index (χ2v) is 5.95. The van der Waals surface area contributed by atoms with Gasteiger partial charge in [-0.15, -0.1) is 0 Å². The molecule has 0 aliphatic heterocycles. The van der Waals surface area contributed by atoms with Crippen LogP contribution in [0.4, 0.5) is 0 Å². The van der Waals surface area contributed by atoms with Gasteiger partial charge in [0.15, 0.2) is 0 Å². The highest BCUT2D eigenvalue weighted by Crippen LogP contribution is 2.22. The van der Waals surface area contributed by atoms with Gasteiger partial charge in [-0.25, -0.2) is 4.79 Å². The Morgan fingerprint density at radius 3 is 2.56 bits per heavy atom. The third-order valence-corrected chi connectivity index (χ3v) is 3.85. The summed E-state index contributed by atoms with van der Waals surface area (Å²) >= 11 is 0. The lowest BCUT2D eigenvalue weighted by Gasteiger charge is -2.09. The smallest absolute Gasteiger partial charge is 0.330 e. The number of H-pyrrole nitrogens is 1. The van der Waals surface area contributed by atoms with Gasteiger partial charge in [0.25, 0.3) is 5.56 Å². The number of aromatic nitrogens is 2. The van der Waals surface area contributed by atoms with Crippen molar-refractivity contribution in [1.29, 1.82) is 0 Å². The van der Waals surface area contributed by atoms with Crippen molar-refractivity contribution < 1.29 is 9.47 Å². The van der Waals surface area contributed by atoms with E-state index in [2.05, 4.69) is 4.98 Å². The van der Waals surface area contributed by atoms with Gasteiger partial charge in [0.1, 0.15) is 18.2 Å². The van der Waals surface area contributed by atoms with Crippen molar-refractivity contribution in [1.82, 2.24) is 9.55 Å². The molecule has 3 aromatic rings. The first-order valence-corrected chi connectivity index (χ1v) is 8.58. The Labute approximate surface area is 156 Å². The first-order valence-electron chi connectivity index (χ1n) is 8.58. The first-order chi connectivity index (χ1) is 13.2. The van der Waals surface area contributed by atoms with Crippen molar-refractivity contribution in [2.24, 2.45) is 5.73 Å². The van der Waals surface area contributed by atoms with Crippen LogP contribution in [0.1, 0.15) is 11.1 Å². The molecule has 7 heteroatoms. The number of benzene rings is 2. The second-order valence-electron chi connectivity index (χ2n) is 5.95. The molecular formula is C20H21N3O4. The number of nitrogens with one attached hydrogen (secondary N) is 1. The average Bonchev–Trinajstić information content (AvgIpc) is 2.66. The van der Waals surface area contributed by atoms with Crippen LogP contribution >= 0.6 is 0 Å². The summed E-state index contributed by atoms with van der Waals surface area (Å²) in [5.41, 5.74) is 5.80. The molecule has 0 aliphatic carbocycles. The molecule has 0 atom stereocenters. The molecule has 3 rings (SSSR count). The predicted molar refractivity (Wildman–Crippen MR) is 102 cm³/mol. The highest BCUT2D eigenvalue weighted by molar-refractivity contribution is 5.35. The lowest BCUT2D eigenvalue weighted by molar-refractivity contribution is 0.0795. The fourth-order valence-electron chi connectivity index (χ4n) is 2.59. The van der Waals surface area contributed by atoms with E-state index in [-0.39, 0.29) is 6.73 Å². The van der Waals surface area contributed by atoms with Crippen molar-refractivity contribution in [2.45, 2.75) is 13.2 Å². The van der Waals surface area contributed by atoms with E-state index in [0.717, 1.165) is 11.3 Å². The first kappa shape index (κ1) is 18.6. The number of rotatable bonds is 8. The Morgan fingerprint density at radius 2 is 1.78 bits per heavy atom. The number of aromatic amines is 1. The standard InChI is InChI=1S/C20H21N3O4/c21-9-10-26-14-23-13-16(19(24)22-20(23)25)11-15-5-4-8-18(12-15)27-17-6-2-1-3-7-17/h1-8,12-13H,9-11,14,21H2,(H,22,24,25). The van der Waals surface area contributed by atoms with Crippen LogP contribution in [0.25, 0.3) is 0 Å². The van der Waals surface area contributed by atoms with Crippen LogP contribution in [0.2, 0.25) is 0 Å². The maximum absolute atomic E-state index is 12.1. The van der Waals surface area contributed by atoms with Crippen molar-refractivity contribution in [3.8, 4) is 11.5 Å². The summed E-state index contributed by atoms with van der Waals surface area (Å²) in [4.78, 5) is 26.3. The van der Waals surface area contributed by atoms with Gasteiger partial charge in [0.2, 0.25) is 0 Å². The van der Waals surface area contributed by atoms with Crippen LogP contribution in [0, 0.1) is 0 Å². The summed E-state index contributed by atoms with van der Waals surface area (Å²) in [6.45, 7) is 0.732. The monoisotopic (exact) mass is 367 g/mol. The molecule has 0 bridgehead atoms. The number of ether oxygens (including phenoxy) is 2. The van der Waals surface area contributed by atoms with E-state index in [1.807, 2.05) is 54.6 Å². The van der Waals surface area contributed by atoms with E-state index in [0.29, 0.717) is 30.9 Å². The van der Waals surface area contributed by atoms with Crippen molar-refractivity contribution in [3.05, 3.63) is 92.8 Å². The van der Waals surface area contributed by atoms with E-state index >= 15 is 0 Å². The van der Waals surface area contributed by atoms with Crippen LogP contribution in [-0.4, -0.2) is 22.7 Å². The molecule has 0 spiro atoms. The molecular weight excluding hydrogens is 346 g/mol. The lowest BCUT2D eigenvalue weighted by atomic mass is 10.1. The normalized spacial score (nSPS) is 10.7. The van der Waals surface area contributed by atoms with Gasteiger partial charge in [-0.3, -0.25) is 14.3 Å². The maximum Gasteiger partial charge on any atom is 0.330 e. The number of hydrogen-bond donors (Lipinski definition) is 2. The summed E-state index contributed by atoms with van der Waals surface area (Å²) in [5.74, 6) is 1.41. The number of hydrogen-bond acceptors (Lipinski definition) is 5. The summed E-state index contributed by atoms with van der Waals surface area (Å²) in [7, 11) is 0. The topological polar surface area (TPSA) is 99.3 Å². The highest BCUT2D eigenvalue weighted by Gasteiger charge is 2.07. The summed E-state index contributed by atoms with van der Waals surface area (Å²) < 4.78 is 12.4. The van der Waals surface area contributed by atoms with E-state index < -0.39 is 11.2 Å². The Hall–Kier alpha value is -3.16. The van der Waals surface area contributed by atoms with Gasteiger partial charge in [-0.1, -0.05) is 30.3 Å². The molecule has 0 amide bonds. The number of para-hydroxylation sites is 1. The minimum absolute atomic E-state index is 0.0387. The third-order valence-electron chi connectivity index (χ3n) is 3.85. The second kappa shape index (κ2) is 8.98. The van der Waals surface area contributed by atoms with Crippen molar-refractivity contribution in [3.63, 3.8) is 0 Å². The van der Waals surface area contributed by atoms with Crippen LogP contribution in [-0.2, 0) is 17.9 Å². The molecule has 27 heavy (non-hydrogen) atoms. The predicted octanol–water partition coefficient (Wildman–Crippen LogP) is 1.85. The molecule has 3 N–H and O–H groups in total. The number of nitrogens with two attached hydrogens (primary N) is 1. The Bertz CT molecular complexity index is 996. The largest absolute Gasteiger partial charge is 0.457 e. The minimum Gasteiger partial charge on any atom is -0.457 e. The van der Waals surface area contributed by atoms with Gasteiger partial charge in [0.05, 0.1) is 6.61 Å². The summed E-state index contributed by atoms with van der Waals surface area (Å²) in [5, 5.41) is 0. The maximum atomic E-state index is 12.1. The fraction of sp³-hybridized carbons (Fsp3) is 0.200. The molecule has 0 saturated heterocycles. The van der Waals surface area contributed by atoms with Crippen LogP contribution in [0.15, 0.2) is 70.4 Å². The van der Waals surface area contributed by atoms with Gasteiger partial charge in [-0.2, -0.15) is 0 Å². The van der Waals surface area contributed by atoms with Crippen molar-refractivity contribution in [2.75, 3.05) is 13.2 Å². The van der Waals surface area contributed by atoms with Crippen molar-refractivity contribution >= 4 is 0 Å². The summed E-state index contributed by atoms with van der Waals surface area (Å²) in [6.07, 6.45) is 1.88. The zero-order valence-electron chi connectivity index (χ0n) is 14.8. The van der Waals surface area contributed by atoms with E-state index in [1.54, 1.807) is 0 Å². The number of nitrogens with zero attached hydrogens (tertiary/aromatic N) is 1. The quantitative estimate of drug-likeness (QED) is 0.592. The van der Waals surface area contributed by atoms with Gasteiger partial charge < -0.3 is 15.2 Å². The Morgan fingerprint density at radius 1 is 1.00 bits per heavy atom. The third kappa shape index (κ3) is 5.16. The fourth-order valence-corrected chi connectivity index (χ4v) is 2.59. The molecule has 0 saturated carbocycles. The Kier molecular flexibility index (Phi) is 6.19. The zero-order chi connectivity index (χ0) is 19.1.